The van der Waals surface area contributed by atoms with Crippen molar-refractivity contribution in [1.82, 2.24) is 0 Å². The summed E-state index contributed by atoms with van der Waals surface area (Å²) in [4.78, 5) is 66.8. The molecule has 0 radical (unpaired) electrons. The van der Waals surface area contributed by atoms with Gasteiger partial charge >= 0.3 is 23.9 Å². The van der Waals surface area contributed by atoms with Gasteiger partial charge in [-0.1, -0.05) is 161 Å². The predicted octanol–water partition coefficient (Wildman–Crippen LogP) is 18.2. The Kier molecular flexibility index (Phi) is 23.2. The second kappa shape index (κ2) is 26.7. The number of ether oxygens (including phenoxy) is 4. The number of esters is 4. The number of hydrogen-bond acceptors (Lipinski definition) is 9. The summed E-state index contributed by atoms with van der Waals surface area (Å²) in [6.45, 7) is 45.0. The van der Waals surface area contributed by atoms with Gasteiger partial charge in [0.2, 0.25) is 0 Å². The van der Waals surface area contributed by atoms with Crippen LogP contribution in [0.15, 0.2) is 24.3 Å². The zero-order valence-corrected chi connectivity index (χ0v) is 54.8. The highest BCUT2D eigenvalue weighted by atomic mass is 16.6. The average Bonchev–Trinajstić information content (AvgIpc) is 3.65. The summed E-state index contributed by atoms with van der Waals surface area (Å²) in [6.07, 6.45) is 27.2. The fourth-order valence-electron chi connectivity index (χ4n) is 16.9. The molecule has 9 nitrogen and oxygen atoms in total. The average molecular weight is 1110 g/mol. The standard InChI is InChI=1S/C70H120O9/c1-49(71)54-32-33-55-53-31-30-50-42-51(34-36-69(50,20)56(53)35-37-70(54,55)21)78-57(72)28-26-24-22-23-25-27-29-58(73)79-52(43-76-59(74)67(16,17)47-65(12,13)40-38-63(8,9)45-61(2,3)4)44-77-60(75)68(18,19)48-66(14,15)41-39-64(10,11)46-62(5,6)7/h38-41,50-56H,22-37,42-48H2,1-21H3/b40-38-,41-39-/t50?,51-,53-,54+,55?,56?,69-,70+/m0/s1. The number of hydrogen-bond donors (Lipinski definition) is 0. The molecule has 4 aliphatic carbocycles. The van der Waals surface area contributed by atoms with E-state index >= 15 is 0 Å². The van der Waals surface area contributed by atoms with Gasteiger partial charge in [0, 0.05) is 18.8 Å². The second-order valence-electron chi connectivity index (χ2n) is 33.5. The van der Waals surface area contributed by atoms with Gasteiger partial charge in [-0.05, 0) is 198 Å². The Morgan fingerprint density at radius 1 is 0.494 bits per heavy atom. The zero-order chi connectivity index (χ0) is 59.8. The summed E-state index contributed by atoms with van der Waals surface area (Å²) in [6, 6.07) is 0. The topological polar surface area (TPSA) is 122 Å². The Morgan fingerprint density at radius 2 is 0.911 bits per heavy atom. The molecule has 4 saturated carbocycles. The maximum absolute atomic E-state index is 13.8. The lowest BCUT2D eigenvalue weighted by molar-refractivity contribution is -0.174. The number of unbranched alkanes of at least 4 members (excludes halogenated alkanes) is 5. The SMILES string of the molecule is CC(=O)[C@H]1CCC2[C@@H]3CCC4C[C@@H](OC(=O)CCCCCCCCC(=O)OC(COC(=O)C(C)(C)CC(C)(C)/C=C\C(C)(C)CC(C)(C)C)COC(=O)C(C)(C)CC(C)(C)/C=C\C(C)(C)CC(C)(C)C)CC[C@]4(C)C3CC[C@@]21C. The molecule has 0 heterocycles. The maximum Gasteiger partial charge on any atom is 0.311 e. The Morgan fingerprint density at radius 3 is 1.37 bits per heavy atom. The van der Waals surface area contributed by atoms with Gasteiger partial charge in [-0.25, -0.2) is 0 Å². The molecule has 4 rings (SSSR count). The van der Waals surface area contributed by atoms with Crippen molar-refractivity contribution in [2.75, 3.05) is 13.2 Å². The lowest BCUT2D eigenvalue weighted by atomic mass is 9.44. The molecule has 0 aromatic carbocycles. The van der Waals surface area contributed by atoms with E-state index < -0.39 is 34.8 Å². The highest BCUT2D eigenvalue weighted by Gasteiger charge is 2.61. The summed E-state index contributed by atoms with van der Waals surface area (Å²) >= 11 is 0. The molecular formula is C70H120O9. The normalized spacial score (nSPS) is 26.4. The summed E-state index contributed by atoms with van der Waals surface area (Å²) in [5, 5.41) is 0. The van der Waals surface area contributed by atoms with Gasteiger partial charge in [0.15, 0.2) is 6.10 Å². The number of rotatable bonds is 28. The molecule has 9 heteroatoms. The fourth-order valence-corrected chi connectivity index (χ4v) is 16.9. The molecule has 454 valence electrons. The minimum absolute atomic E-state index is 0.00619. The minimum atomic E-state index is -0.958. The molecule has 4 fully saturated rings. The van der Waals surface area contributed by atoms with Gasteiger partial charge in [0.05, 0.1) is 10.8 Å². The van der Waals surface area contributed by atoms with E-state index in [1.54, 1.807) is 0 Å². The van der Waals surface area contributed by atoms with Crippen LogP contribution in [-0.2, 0) is 42.9 Å². The number of carbonyl (C=O) groups excluding carboxylic acids is 5. The third-order valence-corrected chi connectivity index (χ3v) is 19.4. The fraction of sp³-hybridized carbons (Fsp3) is 0.871. The third-order valence-electron chi connectivity index (χ3n) is 19.4. The van der Waals surface area contributed by atoms with Crippen LogP contribution >= 0.6 is 0 Å². The molecule has 3 unspecified atom stereocenters. The molecule has 0 bridgehead atoms. The molecule has 0 aromatic rings. The number of ketones is 1. The first kappa shape index (κ1) is 68.5. The van der Waals surface area contributed by atoms with E-state index in [1.807, 2.05) is 34.6 Å². The molecule has 4 aliphatic rings. The molecule has 0 aliphatic heterocycles. The Bertz CT molecular complexity index is 2020. The summed E-state index contributed by atoms with van der Waals surface area (Å²) < 4.78 is 24.0. The first-order valence-electron chi connectivity index (χ1n) is 31.6. The predicted molar refractivity (Wildman–Crippen MR) is 323 cm³/mol. The summed E-state index contributed by atoms with van der Waals surface area (Å²) in [5.41, 5.74) is -1.44. The van der Waals surface area contributed by atoms with Gasteiger partial charge in [-0.15, -0.1) is 0 Å². The molecule has 0 saturated heterocycles. The third kappa shape index (κ3) is 21.0. The first-order valence-corrected chi connectivity index (χ1v) is 31.6. The quantitative estimate of drug-likeness (QED) is 0.0326. The monoisotopic (exact) mass is 1100 g/mol. The lowest BCUT2D eigenvalue weighted by Crippen LogP contribution is -2.54. The number of carbonyl (C=O) groups is 5. The van der Waals surface area contributed by atoms with Crippen molar-refractivity contribution in [3.8, 4) is 0 Å². The molecule has 79 heavy (non-hydrogen) atoms. The maximum atomic E-state index is 13.8. The Hall–Kier alpha value is -2.97. The smallest absolute Gasteiger partial charge is 0.311 e. The van der Waals surface area contributed by atoms with Crippen LogP contribution in [-0.4, -0.2) is 55.1 Å². The van der Waals surface area contributed by atoms with E-state index in [-0.39, 0.29) is 75.5 Å². The van der Waals surface area contributed by atoms with Crippen LogP contribution in [0, 0.1) is 83.7 Å². The van der Waals surface area contributed by atoms with Crippen molar-refractivity contribution >= 4 is 29.7 Å². The van der Waals surface area contributed by atoms with Crippen LogP contribution in [0.25, 0.3) is 0 Å². The van der Waals surface area contributed by atoms with Gasteiger partial charge in [-0.2, -0.15) is 0 Å². The van der Waals surface area contributed by atoms with Crippen LogP contribution in [0.1, 0.15) is 280 Å². The van der Waals surface area contributed by atoms with Gasteiger partial charge in [-0.3, -0.25) is 24.0 Å². The van der Waals surface area contributed by atoms with E-state index in [1.165, 1.54) is 32.1 Å². The Labute approximate surface area is 484 Å². The summed E-state index contributed by atoms with van der Waals surface area (Å²) in [5.74, 6) is 2.09. The lowest BCUT2D eigenvalue weighted by Gasteiger charge is -2.61. The Balaban J connectivity index is 1.25. The highest BCUT2D eigenvalue weighted by molar-refractivity contribution is 5.79. The van der Waals surface area contributed by atoms with Crippen LogP contribution in [0.5, 0.6) is 0 Å². The molecular weight excluding hydrogens is 985 g/mol. The molecule has 0 amide bonds. The summed E-state index contributed by atoms with van der Waals surface area (Å²) in [7, 11) is 0. The van der Waals surface area contributed by atoms with Gasteiger partial charge in [0.25, 0.3) is 0 Å². The van der Waals surface area contributed by atoms with Crippen molar-refractivity contribution in [3.05, 3.63) is 24.3 Å². The van der Waals surface area contributed by atoms with Crippen molar-refractivity contribution in [1.29, 1.82) is 0 Å². The van der Waals surface area contributed by atoms with E-state index in [0.717, 1.165) is 82.5 Å². The second-order valence-corrected chi connectivity index (χ2v) is 33.5. The number of fused-ring (bicyclic) bond motifs is 5. The molecule has 0 spiro atoms. The first-order chi connectivity index (χ1) is 36.0. The van der Waals surface area contributed by atoms with Crippen molar-refractivity contribution in [3.63, 3.8) is 0 Å². The van der Waals surface area contributed by atoms with E-state index in [9.17, 15) is 24.0 Å². The molecule has 0 aromatic heterocycles. The van der Waals surface area contributed by atoms with Gasteiger partial charge < -0.3 is 18.9 Å². The largest absolute Gasteiger partial charge is 0.462 e. The molecule has 8 atom stereocenters. The molecule has 0 N–H and O–H groups in total. The van der Waals surface area contributed by atoms with Crippen molar-refractivity contribution in [2.24, 2.45) is 83.7 Å². The van der Waals surface area contributed by atoms with Crippen LogP contribution < -0.4 is 0 Å². The van der Waals surface area contributed by atoms with Crippen molar-refractivity contribution in [2.45, 2.75) is 292 Å². The van der Waals surface area contributed by atoms with E-state index in [2.05, 4.69) is 135 Å². The zero-order valence-electron chi connectivity index (χ0n) is 54.8. The van der Waals surface area contributed by atoms with Gasteiger partial charge in [0.1, 0.15) is 25.1 Å². The van der Waals surface area contributed by atoms with Crippen LogP contribution in [0.2, 0.25) is 0 Å². The highest BCUT2D eigenvalue weighted by Crippen LogP contribution is 2.67. The minimum Gasteiger partial charge on any atom is -0.462 e. The van der Waals surface area contributed by atoms with E-state index in [4.69, 9.17) is 18.9 Å². The number of Topliss-reactive ketones (excluding diaryl/α,β-unsaturated/α-hetero) is 1. The van der Waals surface area contributed by atoms with E-state index in [0.29, 0.717) is 48.7 Å². The van der Waals surface area contributed by atoms with Crippen molar-refractivity contribution < 1.29 is 42.9 Å². The number of allylic oxidation sites excluding steroid dienone is 4. The van der Waals surface area contributed by atoms with Crippen LogP contribution in [0.4, 0.5) is 0 Å². The van der Waals surface area contributed by atoms with Crippen LogP contribution in [0.3, 0.4) is 0 Å².